The molecule has 1 fully saturated rings. The minimum atomic E-state index is -0.101. The summed E-state index contributed by atoms with van der Waals surface area (Å²) in [4.78, 5) is 15.1. The third-order valence-electron chi connectivity index (χ3n) is 4.94. The molecule has 0 atom stereocenters. The number of aryl methyl sites for hydroxylation is 1. The van der Waals surface area contributed by atoms with Crippen LogP contribution in [0.2, 0.25) is 0 Å². The van der Waals surface area contributed by atoms with Crippen LogP contribution in [-0.4, -0.2) is 39.3 Å². The molecule has 27 heavy (non-hydrogen) atoms. The Morgan fingerprint density at radius 1 is 1.15 bits per heavy atom. The highest BCUT2D eigenvalue weighted by molar-refractivity contribution is 6.05. The maximum atomic E-state index is 12.8. The molecular formula is C22H28N2O3. The van der Waals surface area contributed by atoms with Gasteiger partial charge in [-0.25, -0.2) is 0 Å². The minimum Gasteiger partial charge on any atom is -0.496 e. The number of amides is 1. The predicted octanol–water partition coefficient (Wildman–Crippen LogP) is 4.22. The second kappa shape index (κ2) is 8.44. The van der Waals surface area contributed by atoms with Crippen molar-refractivity contribution in [1.82, 2.24) is 0 Å². The quantitative estimate of drug-likeness (QED) is 0.859. The highest BCUT2D eigenvalue weighted by atomic mass is 16.5. The van der Waals surface area contributed by atoms with Crippen LogP contribution < -0.4 is 15.0 Å². The molecule has 0 radical (unpaired) electrons. The Kier molecular flexibility index (Phi) is 6.01. The summed E-state index contributed by atoms with van der Waals surface area (Å²) in [5.74, 6) is 1.00. The van der Waals surface area contributed by atoms with E-state index in [2.05, 4.69) is 24.1 Å². The molecule has 1 N–H and O–H groups in total. The van der Waals surface area contributed by atoms with Crippen LogP contribution in [0.1, 0.15) is 41.3 Å². The largest absolute Gasteiger partial charge is 0.496 e. The molecule has 1 heterocycles. The van der Waals surface area contributed by atoms with Crippen molar-refractivity contribution in [3.63, 3.8) is 0 Å². The van der Waals surface area contributed by atoms with E-state index >= 15 is 0 Å². The predicted molar refractivity (Wildman–Crippen MR) is 109 cm³/mol. The molecule has 1 amide bonds. The molecule has 3 rings (SSSR count). The summed E-state index contributed by atoms with van der Waals surface area (Å²) in [6, 6.07) is 11.9. The Hall–Kier alpha value is -2.53. The van der Waals surface area contributed by atoms with Gasteiger partial charge in [0.1, 0.15) is 5.75 Å². The second-order valence-electron chi connectivity index (χ2n) is 7.16. The van der Waals surface area contributed by atoms with Gasteiger partial charge >= 0.3 is 0 Å². The summed E-state index contributed by atoms with van der Waals surface area (Å²) in [6.07, 6.45) is 0. The number of anilines is 2. The molecule has 0 saturated carbocycles. The van der Waals surface area contributed by atoms with Crippen LogP contribution in [0, 0.1) is 6.92 Å². The molecule has 2 aromatic rings. The van der Waals surface area contributed by atoms with Crippen LogP contribution in [0.5, 0.6) is 5.75 Å². The first-order chi connectivity index (χ1) is 13.0. The smallest absolute Gasteiger partial charge is 0.255 e. The first kappa shape index (κ1) is 19.2. The van der Waals surface area contributed by atoms with E-state index in [1.54, 1.807) is 7.11 Å². The van der Waals surface area contributed by atoms with Crippen molar-refractivity contribution in [1.29, 1.82) is 0 Å². The average Bonchev–Trinajstić information content (AvgIpc) is 2.68. The van der Waals surface area contributed by atoms with Crippen LogP contribution in [0.25, 0.3) is 0 Å². The number of benzene rings is 2. The van der Waals surface area contributed by atoms with Crippen LogP contribution in [0.3, 0.4) is 0 Å². The lowest BCUT2D eigenvalue weighted by atomic mass is 9.96. The summed E-state index contributed by atoms with van der Waals surface area (Å²) in [5.41, 5.74) is 4.56. The van der Waals surface area contributed by atoms with E-state index in [0.717, 1.165) is 54.6 Å². The number of carbonyl (C=O) groups is 1. The van der Waals surface area contributed by atoms with E-state index in [1.165, 1.54) is 0 Å². The maximum absolute atomic E-state index is 12.8. The zero-order valence-corrected chi connectivity index (χ0v) is 16.5. The number of hydrogen-bond donors (Lipinski definition) is 1. The molecular weight excluding hydrogens is 340 g/mol. The van der Waals surface area contributed by atoms with Crippen LogP contribution in [0.15, 0.2) is 36.4 Å². The zero-order valence-electron chi connectivity index (χ0n) is 16.5. The van der Waals surface area contributed by atoms with Gasteiger partial charge in [0.15, 0.2) is 0 Å². The molecule has 0 unspecified atom stereocenters. The SMILES string of the molecule is COc1cc(C)c(C(=O)Nc2ccc(N3CCOCC3)cc2)cc1C(C)C. The van der Waals surface area contributed by atoms with Crippen LogP contribution in [-0.2, 0) is 4.74 Å². The van der Waals surface area contributed by atoms with Gasteiger partial charge in [-0.3, -0.25) is 4.79 Å². The van der Waals surface area contributed by atoms with Crippen molar-refractivity contribution in [3.05, 3.63) is 53.1 Å². The van der Waals surface area contributed by atoms with Crippen molar-refractivity contribution in [2.75, 3.05) is 43.6 Å². The second-order valence-corrected chi connectivity index (χ2v) is 7.16. The Morgan fingerprint density at radius 2 is 1.81 bits per heavy atom. The number of rotatable bonds is 5. The topological polar surface area (TPSA) is 50.8 Å². The van der Waals surface area contributed by atoms with Gasteiger partial charge < -0.3 is 19.7 Å². The van der Waals surface area contributed by atoms with Gasteiger partial charge in [-0.15, -0.1) is 0 Å². The molecule has 5 heteroatoms. The maximum Gasteiger partial charge on any atom is 0.255 e. The van der Waals surface area contributed by atoms with Crippen molar-refractivity contribution in [2.24, 2.45) is 0 Å². The minimum absolute atomic E-state index is 0.101. The van der Waals surface area contributed by atoms with E-state index in [9.17, 15) is 4.79 Å². The molecule has 1 saturated heterocycles. The van der Waals surface area contributed by atoms with Crippen LogP contribution in [0.4, 0.5) is 11.4 Å². The Morgan fingerprint density at radius 3 is 2.41 bits per heavy atom. The summed E-state index contributed by atoms with van der Waals surface area (Å²) in [6.45, 7) is 9.44. The van der Waals surface area contributed by atoms with Crippen LogP contribution >= 0.6 is 0 Å². The number of carbonyl (C=O) groups excluding carboxylic acids is 1. The summed E-state index contributed by atoms with van der Waals surface area (Å²) >= 11 is 0. The monoisotopic (exact) mass is 368 g/mol. The summed E-state index contributed by atoms with van der Waals surface area (Å²) in [7, 11) is 1.66. The molecule has 0 bridgehead atoms. The third-order valence-corrected chi connectivity index (χ3v) is 4.94. The lowest BCUT2D eigenvalue weighted by Gasteiger charge is -2.28. The highest BCUT2D eigenvalue weighted by Crippen LogP contribution is 2.30. The molecule has 0 spiro atoms. The summed E-state index contributed by atoms with van der Waals surface area (Å²) in [5, 5.41) is 3.01. The van der Waals surface area contributed by atoms with Gasteiger partial charge in [-0.1, -0.05) is 13.8 Å². The van der Waals surface area contributed by atoms with Crippen molar-refractivity contribution >= 4 is 17.3 Å². The van der Waals surface area contributed by atoms with Gasteiger partial charge in [0.25, 0.3) is 5.91 Å². The number of nitrogens with one attached hydrogen (secondary N) is 1. The number of nitrogens with zero attached hydrogens (tertiary/aromatic N) is 1. The molecule has 0 aromatic heterocycles. The molecule has 2 aromatic carbocycles. The lowest BCUT2D eigenvalue weighted by Crippen LogP contribution is -2.36. The molecule has 5 nitrogen and oxygen atoms in total. The standard InChI is InChI=1S/C22H28N2O3/c1-15(2)19-14-20(16(3)13-21(19)26-4)22(25)23-17-5-7-18(8-6-17)24-9-11-27-12-10-24/h5-8,13-15H,9-12H2,1-4H3,(H,23,25). The van der Waals surface area contributed by atoms with Gasteiger partial charge in [0.2, 0.25) is 0 Å². The fourth-order valence-corrected chi connectivity index (χ4v) is 3.35. The van der Waals surface area contributed by atoms with Gasteiger partial charge in [-0.2, -0.15) is 0 Å². The Bertz CT molecular complexity index is 794. The highest BCUT2D eigenvalue weighted by Gasteiger charge is 2.16. The van der Waals surface area contributed by atoms with Gasteiger partial charge in [0, 0.05) is 30.0 Å². The van der Waals surface area contributed by atoms with Gasteiger partial charge in [-0.05, 0) is 60.4 Å². The summed E-state index contributed by atoms with van der Waals surface area (Å²) < 4.78 is 10.9. The van der Waals surface area contributed by atoms with Crippen molar-refractivity contribution in [3.8, 4) is 5.75 Å². The molecule has 1 aliphatic rings. The Labute approximate surface area is 161 Å². The fraction of sp³-hybridized carbons (Fsp3) is 0.409. The number of ether oxygens (including phenoxy) is 2. The third kappa shape index (κ3) is 4.42. The first-order valence-electron chi connectivity index (χ1n) is 9.42. The van der Waals surface area contributed by atoms with E-state index in [-0.39, 0.29) is 11.8 Å². The lowest BCUT2D eigenvalue weighted by molar-refractivity contribution is 0.102. The molecule has 1 aliphatic heterocycles. The fourth-order valence-electron chi connectivity index (χ4n) is 3.35. The molecule has 0 aliphatic carbocycles. The zero-order chi connectivity index (χ0) is 19.4. The number of morpholine rings is 1. The first-order valence-corrected chi connectivity index (χ1v) is 9.42. The van der Waals surface area contributed by atoms with Gasteiger partial charge in [0.05, 0.1) is 20.3 Å². The number of hydrogen-bond acceptors (Lipinski definition) is 4. The van der Waals surface area contributed by atoms with Crippen molar-refractivity contribution in [2.45, 2.75) is 26.7 Å². The average molecular weight is 368 g/mol. The van der Waals surface area contributed by atoms with E-state index in [0.29, 0.717) is 5.56 Å². The normalized spacial score (nSPS) is 14.3. The molecule has 144 valence electrons. The number of methoxy groups -OCH3 is 1. The van der Waals surface area contributed by atoms with E-state index in [1.807, 2.05) is 43.3 Å². The Balaban J connectivity index is 1.76. The van der Waals surface area contributed by atoms with E-state index in [4.69, 9.17) is 9.47 Å². The van der Waals surface area contributed by atoms with E-state index < -0.39 is 0 Å². The van der Waals surface area contributed by atoms with Crippen molar-refractivity contribution < 1.29 is 14.3 Å².